The van der Waals surface area contributed by atoms with Gasteiger partial charge in [0, 0.05) is 35.5 Å². The Labute approximate surface area is 200 Å². The second kappa shape index (κ2) is 10.8. The van der Waals surface area contributed by atoms with Crippen LogP contribution in [-0.2, 0) is 17.8 Å². The minimum Gasteiger partial charge on any atom is -0.497 e. The van der Waals surface area contributed by atoms with Gasteiger partial charge in [0.05, 0.1) is 25.6 Å². The van der Waals surface area contributed by atoms with E-state index < -0.39 is 0 Å². The molecule has 8 nitrogen and oxygen atoms in total. The predicted octanol–water partition coefficient (Wildman–Crippen LogP) is 3.41. The van der Waals surface area contributed by atoms with Crippen LogP contribution in [0.2, 0.25) is 0 Å². The Hall–Kier alpha value is -3.98. The molecule has 0 saturated carbocycles. The predicted molar refractivity (Wildman–Crippen MR) is 131 cm³/mol. The van der Waals surface area contributed by atoms with Crippen LogP contribution in [0, 0.1) is 0 Å². The number of carbonyl (C=O) groups excluding carboxylic acids is 1. The molecule has 1 N–H and O–H groups in total. The van der Waals surface area contributed by atoms with Gasteiger partial charge in [-0.15, -0.1) is 11.3 Å². The molecule has 2 aromatic heterocycles. The lowest BCUT2D eigenvalue weighted by atomic mass is 10.1. The van der Waals surface area contributed by atoms with Crippen molar-refractivity contribution >= 4 is 17.2 Å². The Morgan fingerprint density at radius 1 is 1.03 bits per heavy atom. The second-order valence-electron chi connectivity index (χ2n) is 7.39. The van der Waals surface area contributed by atoms with E-state index in [9.17, 15) is 9.59 Å². The van der Waals surface area contributed by atoms with Crippen molar-refractivity contribution in [1.29, 1.82) is 0 Å². The highest BCUT2D eigenvalue weighted by Crippen LogP contribution is 2.27. The molecular weight excluding hydrogens is 452 g/mol. The van der Waals surface area contributed by atoms with Gasteiger partial charge in [0.2, 0.25) is 5.91 Å². The van der Waals surface area contributed by atoms with Crippen LogP contribution in [0.1, 0.15) is 5.69 Å². The van der Waals surface area contributed by atoms with Gasteiger partial charge < -0.3 is 14.8 Å². The van der Waals surface area contributed by atoms with E-state index in [-0.39, 0.29) is 18.0 Å². The first-order chi connectivity index (χ1) is 16.6. The van der Waals surface area contributed by atoms with Crippen LogP contribution in [0.4, 0.5) is 0 Å². The number of nitrogens with one attached hydrogen (secondary N) is 1. The summed E-state index contributed by atoms with van der Waals surface area (Å²) in [5.74, 6) is 1.14. The van der Waals surface area contributed by atoms with Crippen LogP contribution in [0.25, 0.3) is 21.8 Å². The van der Waals surface area contributed by atoms with Crippen LogP contribution >= 0.6 is 11.3 Å². The summed E-state index contributed by atoms with van der Waals surface area (Å²) < 4.78 is 11.7. The van der Waals surface area contributed by atoms with Gasteiger partial charge in [-0.2, -0.15) is 5.10 Å². The molecule has 2 heterocycles. The van der Waals surface area contributed by atoms with Crippen molar-refractivity contribution < 1.29 is 14.3 Å². The largest absolute Gasteiger partial charge is 0.497 e. The summed E-state index contributed by atoms with van der Waals surface area (Å²) >= 11 is 1.55. The maximum Gasteiger partial charge on any atom is 0.267 e. The van der Waals surface area contributed by atoms with Gasteiger partial charge in [0.15, 0.2) is 0 Å². The second-order valence-corrected chi connectivity index (χ2v) is 8.25. The zero-order valence-electron chi connectivity index (χ0n) is 18.9. The van der Waals surface area contributed by atoms with Crippen LogP contribution in [0.5, 0.6) is 11.5 Å². The van der Waals surface area contributed by atoms with Crippen LogP contribution in [0.15, 0.2) is 70.8 Å². The summed E-state index contributed by atoms with van der Waals surface area (Å²) in [5.41, 5.74) is 2.86. The zero-order chi connectivity index (χ0) is 23.9. The molecular formula is C25H24N4O4S. The molecule has 0 bridgehead atoms. The van der Waals surface area contributed by atoms with E-state index >= 15 is 0 Å². The number of carbonyl (C=O) groups is 1. The van der Waals surface area contributed by atoms with Crippen molar-refractivity contribution in [3.8, 4) is 33.3 Å². The third-order valence-corrected chi connectivity index (χ3v) is 6.08. The maximum atomic E-state index is 12.4. The highest BCUT2D eigenvalue weighted by atomic mass is 32.1. The number of methoxy groups -OCH3 is 2. The standard InChI is InChI=1S/C25H24N4O4S/c1-32-19-9-7-17(8-10-19)25-27-18(16-34-25)13-14-26-23(30)15-29-24(31)12-11-21(28-29)20-5-3-4-6-22(20)33-2/h3-12,16H,13-15H2,1-2H3,(H,26,30). The molecule has 1 amide bonds. The van der Waals surface area contributed by atoms with Gasteiger partial charge in [-0.3, -0.25) is 9.59 Å². The maximum absolute atomic E-state index is 12.4. The van der Waals surface area contributed by atoms with E-state index in [4.69, 9.17) is 9.47 Å². The van der Waals surface area contributed by atoms with Crippen molar-refractivity contribution in [2.24, 2.45) is 0 Å². The number of hydrogen-bond donors (Lipinski definition) is 1. The quantitative estimate of drug-likeness (QED) is 0.398. The minimum atomic E-state index is -0.350. The Bertz CT molecular complexity index is 1330. The molecule has 34 heavy (non-hydrogen) atoms. The Morgan fingerprint density at radius 3 is 2.59 bits per heavy atom. The van der Waals surface area contributed by atoms with Gasteiger partial charge in [-0.25, -0.2) is 9.67 Å². The molecule has 0 atom stereocenters. The third kappa shape index (κ3) is 5.49. The first-order valence-corrected chi connectivity index (χ1v) is 11.5. The highest BCUT2D eigenvalue weighted by Gasteiger charge is 2.11. The van der Waals surface area contributed by atoms with E-state index in [1.807, 2.05) is 53.9 Å². The summed E-state index contributed by atoms with van der Waals surface area (Å²) in [6, 6.07) is 18.1. The summed E-state index contributed by atoms with van der Waals surface area (Å²) in [5, 5.41) is 10.1. The van der Waals surface area contributed by atoms with Crippen molar-refractivity contribution in [3.05, 3.63) is 82.1 Å². The first-order valence-electron chi connectivity index (χ1n) is 10.6. The molecule has 0 aliphatic heterocycles. The van der Waals surface area contributed by atoms with Gasteiger partial charge in [0.25, 0.3) is 5.56 Å². The van der Waals surface area contributed by atoms with Crippen molar-refractivity contribution in [3.63, 3.8) is 0 Å². The minimum absolute atomic E-state index is 0.171. The summed E-state index contributed by atoms with van der Waals surface area (Å²) in [4.78, 5) is 29.3. The first kappa shape index (κ1) is 23.2. The zero-order valence-corrected chi connectivity index (χ0v) is 19.7. The van der Waals surface area contributed by atoms with Gasteiger partial charge in [0.1, 0.15) is 23.1 Å². The molecule has 0 saturated heterocycles. The van der Waals surface area contributed by atoms with Crippen LogP contribution in [-0.4, -0.2) is 41.4 Å². The molecule has 4 aromatic rings. The molecule has 0 aliphatic carbocycles. The van der Waals surface area contributed by atoms with Crippen LogP contribution in [0.3, 0.4) is 0 Å². The number of aromatic nitrogens is 3. The number of thiazole rings is 1. The highest BCUT2D eigenvalue weighted by molar-refractivity contribution is 7.13. The Morgan fingerprint density at radius 2 is 1.82 bits per heavy atom. The topological polar surface area (TPSA) is 95.3 Å². The normalized spacial score (nSPS) is 10.6. The van der Waals surface area contributed by atoms with Gasteiger partial charge >= 0.3 is 0 Å². The molecule has 0 spiro atoms. The summed E-state index contributed by atoms with van der Waals surface area (Å²) in [6.07, 6.45) is 0.585. The Balaban J connectivity index is 1.35. The molecule has 4 rings (SSSR count). The number of para-hydroxylation sites is 1. The molecule has 9 heteroatoms. The number of ether oxygens (including phenoxy) is 2. The number of rotatable bonds is 9. The van der Waals surface area contributed by atoms with E-state index in [2.05, 4.69) is 15.4 Å². The number of nitrogens with zero attached hydrogens (tertiary/aromatic N) is 3. The molecule has 174 valence electrons. The van der Waals surface area contributed by atoms with Crippen molar-refractivity contribution in [1.82, 2.24) is 20.1 Å². The van der Waals surface area contributed by atoms with Crippen molar-refractivity contribution in [2.45, 2.75) is 13.0 Å². The number of amides is 1. The fraction of sp³-hybridized carbons (Fsp3) is 0.200. The lowest BCUT2D eigenvalue weighted by Gasteiger charge is -2.10. The number of hydrogen-bond acceptors (Lipinski definition) is 7. The van der Waals surface area contributed by atoms with Gasteiger partial charge in [-0.05, 0) is 42.5 Å². The van der Waals surface area contributed by atoms with Crippen LogP contribution < -0.4 is 20.3 Å². The van der Waals surface area contributed by atoms with E-state index in [0.29, 0.717) is 24.4 Å². The molecule has 0 unspecified atom stereocenters. The van der Waals surface area contributed by atoms with E-state index in [0.717, 1.165) is 32.3 Å². The van der Waals surface area contributed by atoms with E-state index in [1.165, 1.54) is 6.07 Å². The lowest BCUT2D eigenvalue weighted by molar-refractivity contribution is -0.121. The Kier molecular flexibility index (Phi) is 7.34. The SMILES string of the molecule is COc1ccc(-c2nc(CCNC(=O)Cn3nc(-c4ccccc4OC)ccc3=O)cs2)cc1. The fourth-order valence-corrected chi connectivity index (χ4v) is 4.23. The van der Waals surface area contributed by atoms with E-state index in [1.54, 1.807) is 31.6 Å². The summed E-state index contributed by atoms with van der Waals surface area (Å²) in [6.45, 7) is 0.238. The lowest BCUT2D eigenvalue weighted by Crippen LogP contribution is -2.34. The average molecular weight is 477 g/mol. The average Bonchev–Trinajstić information content (AvgIpc) is 3.34. The monoisotopic (exact) mass is 476 g/mol. The number of benzene rings is 2. The third-order valence-electron chi connectivity index (χ3n) is 5.13. The van der Waals surface area contributed by atoms with Crippen molar-refractivity contribution in [2.75, 3.05) is 20.8 Å². The molecule has 0 radical (unpaired) electrons. The summed E-state index contributed by atoms with van der Waals surface area (Å²) in [7, 11) is 3.21. The fourth-order valence-electron chi connectivity index (χ4n) is 3.37. The molecule has 0 aliphatic rings. The molecule has 0 fully saturated rings. The van der Waals surface area contributed by atoms with Gasteiger partial charge in [-0.1, -0.05) is 12.1 Å². The smallest absolute Gasteiger partial charge is 0.267 e. The molecule has 2 aromatic carbocycles.